The summed E-state index contributed by atoms with van der Waals surface area (Å²) in [4.78, 5) is 5.22. The van der Waals surface area contributed by atoms with Crippen LogP contribution in [0.3, 0.4) is 0 Å². The van der Waals surface area contributed by atoms with Crippen LogP contribution in [0.1, 0.15) is 6.92 Å². The summed E-state index contributed by atoms with van der Waals surface area (Å²) >= 11 is 0. The zero-order valence-electron chi connectivity index (χ0n) is 9.70. The molecule has 0 unspecified atom stereocenters. The van der Waals surface area contributed by atoms with E-state index in [2.05, 4.69) is 24.0 Å². The molecule has 0 saturated carbocycles. The van der Waals surface area contributed by atoms with E-state index in [9.17, 15) is 0 Å². The zero-order chi connectivity index (χ0) is 12.0. The molecule has 4 heteroatoms. The standard InChI is InChI=1S/C12H20N2O2/c1-4-5-16-14-12-7-13-10(8-15)6-11(12)9(2)3/h4,6,10,12-15H,1-2,5,7-8H2,3H3/t10-,12-/m0/s1. The Balaban J connectivity index is 2.62. The number of rotatable bonds is 6. The molecular formula is C12H20N2O2. The third-order valence-electron chi connectivity index (χ3n) is 2.46. The van der Waals surface area contributed by atoms with Gasteiger partial charge in [-0.2, -0.15) is 5.48 Å². The molecule has 16 heavy (non-hydrogen) atoms. The van der Waals surface area contributed by atoms with Gasteiger partial charge in [-0.3, -0.25) is 4.84 Å². The van der Waals surface area contributed by atoms with E-state index < -0.39 is 0 Å². The summed E-state index contributed by atoms with van der Waals surface area (Å²) in [6.45, 7) is 10.7. The van der Waals surface area contributed by atoms with Crippen molar-refractivity contribution in [2.45, 2.75) is 19.0 Å². The van der Waals surface area contributed by atoms with Crippen molar-refractivity contribution in [3.8, 4) is 0 Å². The third-order valence-corrected chi connectivity index (χ3v) is 2.46. The first kappa shape index (κ1) is 13.1. The molecule has 2 atom stereocenters. The minimum absolute atomic E-state index is 0.00385. The van der Waals surface area contributed by atoms with Crippen molar-refractivity contribution in [1.29, 1.82) is 0 Å². The van der Waals surface area contributed by atoms with Crippen LogP contribution in [0.25, 0.3) is 0 Å². The molecule has 0 aromatic carbocycles. The molecule has 0 spiro atoms. The molecule has 0 bridgehead atoms. The second kappa shape index (κ2) is 6.60. The molecule has 1 heterocycles. The Hall–Kier alpha value is -0.940. The van der Waals surface area contributed by atoms with Crippen molar-refractivity contribution in [3.63, 3.8) is 0 Å². The fraction of sp³-hybridized carbons (Fsp3) is 0.500. The van der Waals surface area contributed by atoms with Gasteiger partial charge < -0.3 is 10.4 Å². The zero-order valence-corrected chi connectivity index (χ0v) is 9.70. The lowest BCUT2D eigenvalue weighted by molar-refractivity contribution is 0.0416. The smallest absolute Gasteiger partial charge is 0.0861 e. The van der Waals surface area contributed by atoms with Crippen LogP contribution >= 0.6 is 0 Å². The second-order valence-electron chi connectivity index (χ2n) is 3.87. The summed E-state index contributed by atoms with van der Waals surface area (Å²) in [7, 11) is 0. The molecule has 1 aliphatic rings. The quantitative estimate of drug-likeness (QED) is 0.350. The molecule has 3 N–H and O–H groups in total. The van der Waals surface area contributed by atoms with E-state index in [0.717, 1.165) is 11.1 Å². The first-order valence-electron chi connectivity index (χ1n) is 5.39. The number of hydrogen-bond acceptors (Lipinski definition) is 4. The Kier molecular flexibility index (Phi) is 5.42. The molecular weight excluding hydrogens is 204 g/mol. The monoisotopic (exact) mass is 224 g/mol. The predicted molar refractivity (Wildman–Crippen MR) is 64.8 cm³/mol. The first-order valence-corrected chi connectivity index (χ1v) is 5.39. The summed E-state index contributed by atoms with van der Waals surface area (Å²) < 4.78 is 0. The van der Waals surface area contributed by atoms with E-state index in [-0.39, 0.29) is 18.7 Å². The second-order valence-corrected chi connectivity index (χ2v) is 3.87. The molecule has 0 amide bonds. The highest BCUT2D eigenvalue weighted by Gasteiger charge is 2.22. The van der Waals surface area contributed by atoms with Gasteiger partial charge in [-0.05, 0) is 12.5 Å². The van der Waals surface area contributed by atoms with Crippen LogP contribution < -0.4 is 10.8 Å². The normalized spacial score (nSPS) is 25.0. The Bertz CT molecular complexity index is 287. The predicted octanol–water partition coefficient (Wildman–Crippen LogP) is 0.529. The van der Waals surface area contributed by atoms with Gasteiger partial charge in [0.2, 0.25) is 0 Å². The molecule has 0 aliphatic carbocycles. The highest BCUT2D eigenvalue weighted by atomic mass is 16.6. The van der Waals surface area contributed by atoms with Gasteiger partial charge in [-0.1, -0.05) is 24.3 Å². The van der Waals surface area contributed by atoms with Crippen LogP contribution in [0.2, 0.25) is 0 Å². The number of nitrogens with one attached hydrogen (secondary N) is 2. The topological polar surface area (TPSA) is 53.5 Å². The Morgan fingerprint density at radius 1 is 1.81 bits per heavy atom. The van der Waals surface area contributed by atoms with Gasteiger partial charge in [-0.15, -0.1) is 6.58 Å². The van der Waals surface area contributed by atoms with Crippen LogP contribution in [0, 0.1) is 0 Å². The van der Waals surface area contributed by atoms with Gasteiger partial charge in [0.15, 0.2) is 0 Å². The van der Waals surface area contributed by atoms with Crippen LogP contribution in [-0.4, -0.2) is 36.9 Å². The fourth-order valence-corrected chi connectivity index (χ4v) is 1.64. The number of hydroxylamine groups is 1. The molecule has 0 radical (unpaired) electrons. The van der Waals surface area contributed by atoms with Crippen molar-refractivity contribution in [2.75, 3.05) is 19.8 Å². The van der Waals surface area contributed by atoms with Crippen molar-refractivity contribution < 1.29 is 9.94 Å². The number of hydrogen-bond donors (Lipinski definition) is 3. The van der Waals surface area contributed by atoms with Crippen molar-refractivity contribution in [3.05, 3.63) is 36.5 Å². The number of aliphatic hydroxyl groups is 1. The molecule has 0 saturated heterocycles. The van der Waals surface area contributed by atoms with Crippen LogP contribution in [0.4, 0.5) is 0 Å². The minimum Gasteiger partial charge on any atom is -0.394 e. The van der Waals surface area contributed by atoms with Gasteiger partial charge in [0.05, 0.1) is 19.3 Å². The molecule has 0 aromatic rings. The van der Waals surface area contributed by atoms with E-state index >= 15 is 0 Å². The number of aliphatic hydroxyl groups excluding tert-OH is 1. The highest BCUT2D eigenvalue weighted by molar-refractivity contribution is 5.34. The van der Waals surface area contributed by atoms with Gasteiger partial charge in [0, 0.05) is 12.6 Å². The molecule has 90 valence electrons. The van der Waals surface area contributed by atoms with Gasteiger partial charge in [0.25, 0.3) is 0 Å². The van der Waals surface area contributed by atoms with Crippen LogP contribution in [0.15, 0.2) is 36.5 Å². The fourth-order valence-electron chi connectivity index (χ4n) is 1.64. The largest absolute Gasteiger partial charge is 0.394 e. The maximum absolute atomic E-state index is 9.09. The summed E-state index contributed by atoms with van der Waals surface area (Å²) in [5.41, 5.74) is 5.02. The third kappa shape index (κ3) is 3.57. The molecule has 0 aromatic heterocycles. The molecule has 4 nitrogen and oxygen atoms in total. The van der Waals surface area contributed by atoms with E-state index in [4.69, 9.17) is 9.94 Å². The lowest BCUT2D eigenvalue weighted by atomic mass is 9.95. The SMILES string of the molecule is C=CCON[C@H]1CN[C@H](CO)C=C1C(=C)C. The molecule has 1 rings (SSSR count). The van der Waals surface area contributed by atoms with Crippen molar-refractivity contribution in [2.24, 2.45) is 0 Å². The van der Waals surface area contributed by atoms with E-state index in [1.165, 1.54) is 0 Å². The van der Waals surface area contributed by atoms with E-state index in [1.54, 1.807) is 6.08 Å². The van der Waals surface area contributed by atoms with Gasteiger partial charge in [0.1, 0.15) is 0 Å². The maximum Gasteiger partial charge on any atom is 0.0861 e. The lowest BCUT2D eigenvalue weighted by Crippen LogP contribution is -2.48. The summed E-state index contributed by atoms with van der Waals surface area (Å²) in [5, 5.41) is 12.3. The van der Waals surface area contributed by atoms with Gasteiger partial charge in [-0.25, -0.2) is 0 Å². The van der Waals surface area contributed by atoms with Crippen LogP contribution in [0.5, 0.6) is 0 Å². The average Bonchev–Trinajstić information content (AvgIpc) is 2.29. The van der Waals surface area contributed by atoms with Crippen molar-refractivity contribution >= 4 is 0 Å². The Labute approximate surface area is 96.6 Å². The minimum atomic E-state index is 0.00385. The average molecular weight is 224 g/mol. The summed E-state index contributed by atoms with van der Waals surface area (Å²) in [6.07, 6.45) is 3.67. The summed E-state index contributed by atoms with van der Waals surface area (Å²) in [6, 6.07) is 0.0735. The summed E-state index contributed by atoms with van der Waals surface area (Å²) in [5.74, 6) is 0. The van der Waals surface area contributed by atoms with Crippen molar-refractivity contribution in [1.82, 2.24) is 10.8 Å². The van der Waals surface area contributed by atoms with Crippen LogP contribution in [-0.2, 0) is 4.84 Å². The molecule has 1 aliphatic heterocycles. The first-order chi connectivity index (χ1) is 7.69. The highest BCUT2D eigenvalue weighted by Crippen LogP contribution is 2.16. The molecule has 0 fully saturated rings. The maximum atomic E-state index is 9.09. The van der Waals surface area contributed by atoms with E-state index in [1.807, 2.05) is 13.0 Å². The van der Waals surface area contributed by atoms with Gasteiger partial charge >= 0.3 is 0 Å². The Morgan fingerprint density at radius 3 is 3.12 bits per heavy atom. The Morgan fingerprint density at radius 2 is 2.56 bits per heavy atom. The van der Waals surface area contributed by atoms with E-state index in [0.29, 0.717) is 13.2 Å². The lowest BCUT2D eigenvalue weighted by Gasteiger charge is -2.29.